The van der Waals surface area contributed by atoms with Gasteiger partial charge in [-0.2, -0.15) is 0 Å². The first-order valence-electron chi connectivity index (χ1n) is 5.77. The van der Waals surface area contributed by atoms with Crippen LogP contribution in [0.2, 0.25) is 0 Å². The van der Waals surface area contributed by atoms with Gasteiger partial charge in [0.15, 0.2) is 0 Å². The number of piperidine rings is 1. The van der Waals surface area contributed by atoms with Crippen LogP contribution in [-0.2, 0) is 0 Å². The maximum absolute atomic E-state index is 13.4. The zero-order valence-corrected chi connectivity index (χ0v) is 10.9. The lowest BCUT2D eigenvalue weighted by Gasteiger charge is -2.34. The molecule has 1 unspecified atom stereocenters. The third-order valence-electron chi connectivity index (χ3n) is 3.83. The van der Waals surface area contributed by atoms with Crippen LogP contribution in [0.15, 0.2) is 22.8 Å². The summed E-state index contributed by atoms with van der Waals surface area (Å²) in [6, 6.07) is 3.73. The summed E-state index contributed by atoms with van der Waals surface area (Å²) in [4.78, 5) is 6.26. The molecule has 2 aliphatic rings. The summed E-state index contributed by atoms with van der Waals surface area (Å²) in [5, 5.41) is 0. The topological polar surface area (TPSA) is 16.1 Å². The molecule has 0 bridgehead atoms. The molecule has 2 fully saturated rings. The van der Waals surface area contributed by atoms with Crippen molar-refractivity contribution in [1.29, 1.82) is 0 Å². The number of halogens is 3. The highest BCUT2D eigenvalue weighted by Gasteiger charge is 2.71. The van der Waals surface area contributed by atoms with Crippen LogP contribution >= 0.6 is 15.9 Å². The fourth-order valence-electron chi connectivity index (χ4n) is 2.75. The Morgan fingerprint density at radius 1 is 1.41 bits per heavy atom. The van der Waals surface area contributed by atoms with Crippen molar-refractivity contribution < 1.29 is 8.78 Å². The van der Waals surface area contributed by atoms with E-state index in [2.05, 4.69) is 20.9 Å². The fraction of sp³-hybridized carbons (Fsp3) is 0.583. The Hall–Kier alpha value is -0.710. The molecule has 0 aromatic carbocycles. The van der Waals surface area contributed by atoms with Crippen molar-refractivity contribution in [2.75, 3.05) is 18.0 Å². The van der Waals surface area contributed by atoms with Crippen molar-refractivity contribution in [2.24, 2.45) is 5.41 Å². The second-order valence-electron chi connectivity index (χ2n) is 5.00. The molecule has 1 saturated heterocycles. The van der Waals surface area contributed by atoms with Gasteiger partial charge in [0.25, 0.3) is 5.92 Å². The van der Waals surface area contributed by atoms with Crippen molar-refractivity contribution in [3.8, 4) is 0 Å². The molecule has 1 aromatic heterocycles. The zero-order valence-electron chi connectivity index (χ0n) is 9.30. The third kappa shape index (κ3) is 1.75. The molecule has 1 aliphatic heterocycles. The Balaban J connectivity index is 1.84. The highest BCUT2D eigenvalue weighted by atomic mass is 79.9. The fourth-order valence-corrected chi connectivity index (χ4v) is 3.25. The highest BCUT2D eigenvalue weighted by Crippen LogP contribution is 2.64. The van der Waals surface area contributed by atoms with E-state index in [1.165, 1.54) is 0 Å². The second-order valence-corrected chi connectivity index (χ2v) is 5.85. The van der Waals surface area contributed by atoms with Crippen molar-refractivity contribution in [3.05, 3.63) is 22.8 Å². The zero-order chi connectivity index (χ0) is 12.1. The van der Waals surface area contributed by atoms with E-state index in [-0.39, 0.29) is 6.42 Å². The van der Waals surface area contributed by atoms with Gasteiger partial charge in [-0.05, 0) is 40.9 Å². The van der Waals surface area contributed by atoms with E-state index >= 15 is 0 Å². The molecule has 17 heavy (non-hydrogen) atoms. The van der Waals surface area contributed by atoms with Crippen molar-refractivity contribution >= 4 is 21.7 Å². The van der Waals surface area contributed by atoms with E-state index in [0.717, 1.165) is 23.3 Å². The van der Waals surface area contributed by atoms with Crippen LogP contribution in [0, 0.1) is 5.41 Å². The Morgan fingerprint density at radius 3 is 2.82 bits per heavy atom. The number of pyridine rings is 1. The molecule has 1 aliphatic carbocycles. The molecule has 1 saturated carbocycles. The van der Waals surface area contributed by atoms with E-state index < -0.39 is 11.3 Å². The number of alkyl halides is 2. The predicted molar refractivity (Wildman–Crippen MR) is 65.4 cm³/mol. The SMILES string of the molecule is FC1(F)CC12CCCN(c1ncccc1Br)C2. The molecule has 2 heterocycles. The third-order valence-corrected chi connectivity index (χ3v) is 4.45. The largest absolute Gasteiger partial charge is 0.355 e. The molecular formula is C12H13BrF2N2. The number of aromatic nitrogens is 1. The number of rotatable bonds is 1. The molecule has 1 spiro atoms. The van der Waals surface area contributed by atoms with Crippen LogP contribution in [0.25, 0.3) is 0 Å². The van der Waals surface area contributed by atoms with E-state index in [9.17, 15) is 8.78 Å². The normalized spacial score (nSPS) is 30.6. The Labute approximate surface area is 107 Å². The Morgan fingerprint density at radius 2 is 2.18 bits per heavy atom. The van der Waals surface area contributed by atoms with E-state index in [4.69, 9.17) is 0 Å². The average molecular weight is 303 g/mol. The molecule has 0 N–H and O–H groups in total. The first-order chi connectivity index (χ1) is 8.04. The molecule has 2 nitrogen and oxygen atoms in total. The van der Waals surface area contributed by atoms with Gasteiger partial charge < -0.3 is 4.90 Å². The van der Waals surface area contributed by atoms with Gasteiger partial charge in [-0.3, -0.25) is 0 Å². The lowest BCUT2D eigenvalue weighted by Crippen LogP contribution is -2.39. The van der Waals surface area contributed by atoms with E-state index in [1.807, 2.05) is 17.0 Å². The van der Waals surface area contributed by atoms with Gasteiger partial charge in [-0.1, -0.05) is 0 Å². The van der Waals surface area contributed by atoms with Gasteiger partial charge in [0, 0.05) is 25.7 Å². The summed E-state index contributed by atoms with van der Waals surface area (Å²) in [7, 11) is 0. The summed E-state index contributed by atoms with van der Waals surface area (Å²) in [5.74, 6) is -1.68. The maximum Gasteiger partial charge on any atom is 0.256 e. The Kier molecular flexibility index (Phi) is 2.44. The first kappa shape index (κ1) is 11.4. The van der Waals surface area contributed by atoms with Crippen LogP contribution in [0.5, 0.6) is 0 Å². The van der Waals surface area contributed by atoms with E-state index in [0.29, 0.717) is 13.0 Å². The number of anilines is 1. The summed E-state index contributed by atoms with van der Waals surface area (Å²) < 4.78 is 27.7. The lowest BCUT2D eigenvalue weighted by atomic mass is 9.94. The minimum atomic E-state index is -2.47. The molecule has 1 atom stereocenters. The maximum atomic E-state index is 13.4. The van der Waals surface area contributed by atoms with Gasteiger partial charge in [0.05, 0.1) is 9.89 Å². The monoisotopic (exact) mass is 302 g/mol. The van der Waals surface area contributed by atoms with Gasteiger partial charge in [-0.15, -0.1) is 0 Å². The smallest absolute Gasteiger partial charge is 0.256 e. The van der Waals surface area contributed by atoms with Crippen LogP contribution < -0.4 is 4.90 Å². The number of hydrogen-bond donors (Lipinski definition) is 0. The van der Waals surface area contributed by atoms with Crippen LogP contribution in [-0.4, -0.2) is 24.0 Å². The minimum absolute atomic E-state index is 0.0426. The van der Waals surface area contributed by atoms with Gasteiger partial charge in [0.2, 0.25) is 0 Å². The summed E-state index contributed by atoms with van der Waals surface area (Å²) >= 11 is 3.43. The van der Waals surface area contributed by atoms with E-state index in [1.54, 1.807) is 6.20 Å². The van der Waals surface area contributed by atoms with Crippen molar-refractivity contribution in [2.45, 2.75) is 25.2 Å². The first-order valence-corrected chi connectivity index (χ1v) is 6.57. The average Bonchev–Trinajstić information content (AvgIpc) is 2.79. The summed E-state index contributed by atoms with van der Waals surface area (Å²) in [6.07, 6.45) is 3.20. The van der Waals surface area contributed by atoms with Gasteiger partial charge in [0.1, 0.15) is 5.82 Å². The molecule has 3 rings (SSSR count). The van der Waals surface area contributed by atoms with Crippen molar-refractivity contribution in [3.63, 3.8) is 0 Å². The number of nitrogens with zero attached hydrogens (tertiary/aromatic N) is 2. The van der Waals surface area contributed by atoms with Gasteiger partial charge >= 0.3 is 0 Å². The quantitative estimate of drug-likeness (QED) is 0.790. The molecule has 1 aromatic rings. The summed E-state index contributed by atoms with van der Waals surface area (Å²) in [6.45, 7) is 1.24. The molecule has 0 radical (unpaired) electrons. The predicted octanol–water partition coefficient (Wildman–Crippen LogP) is 3.47. The van der Waals surface area contributed by atoms with Crippen LogP contribution in [0.1, 0.15) is 19.3 Å². The molecule has 0 amide bonds. The van der Waals surface area contributed by atoms with Gasteiger partial charge in [-0.25, -0.2) is 13.8 Å². The van der Waals surface area contributed by atoms with Crippen LogP contribution in [0.4, 0.5) is 14.6 Å². The number of hydrogen-bond acceptors (Lipinski definition) is 2. The Bertz CT molecular complexity index is 452. The van der Waals surface area contributed by atoms with Crippen molar-refractivity contribution in [1.82, 2.24) is 4.98 Å². The molecule has 5 heteroatoms. The molecule has 92 valence electrons. The standard InChI is InChI=1S/C12H13BrF2N2/c13-9-3-1-5-16-10(9)17-6-2-4-11(8-17)7-12(11,14)15/h1,3,5H,2,4,6-8H2. The second kappa shape index (κ2) is 3.64. The lowest BCUT2D eigenvalue weighted by molar-refractivity contribution is 0.0574. The van der Waals surface area contributed by atoms with Crippen LogP contribution in [0.3, 0.4) is 0 Å². The molecular weight excluding hydrogens is 290 g/mol. The highest BCUT2D eigenvalue weighted by molar-refractivity contribution is 9.10. The minimum Gasteiger partial charge on any atom is -0.355 e. The summed E-state index contributed by atoms with van der Waals surface area (Å²) in [5.41, 5.74) is -0.776.